The molecule has 0 aliphatic heterocycles. The molecule has 0 fully saturated rings. The standard InChI is InChI=1S/C9H10N.Y/c1-2-5-8-6-3-4-7-9(8)10;/h3-4,6-7H,2,5,10H2;. The number of hydrogen-bond acceptors (Lipinski definition) is 1. The Labute approximate surface area is 86.4 Å². The van der Waals surface area contributed by atoms with Crippen LogP contribution in [0, 0.1) is 2.59 Å². The second-order valence-electron chi connectivity index (χ2n) is 2.40. The van der Waals surface area contributed by atoms with Crippen LogP contribution in [0.2, 0.25) is 0 Å². The Morgan fingerprint density at radius 2 is 2.09 bits per heavy atom. The van der Waals surface area contributed by atoms with E-state index in [4.69, 9.17) is 5.73 Å². The van der Waals surface area contributed by atoms with Gasteiger partial charge < -0.3 is 0 Å². The summed E-state index contributed by atoms with van der Waals surface area (Å²) >= 11 is 1.11. The molecule has 0 amide bonds. The first kappa shape index (κ1) is 9.00. The van der Waals surface area contributed by atoms with Gasteiger partial charge in [0.15, 0.2) is 0 Å². The summed E-state index contributed by atoms with van der Waals surface area (Å²) in [4.78, 5) is 0. The molecule has 0 aromatic heterocycles. The van der Waals surface area contributed by atoms with E-state index in [0.29, 0.717) is 0 Å². The van der Waals surface area contributed by atoms with Crippen LogP contribution in [0.1, 0.15) is 12.0 Å². The van der Waals surface area contributed by atoms with Gasteiger partial charge in [-0.3, -0.25) is 0 Å². The molecule has 1 aromatic rings. The van der Waals surface area contributed by atoms with Crippen molar-refractivity contribution in [3.63, 3.8) is 0 Å². The van der Waals surface area contributed by atoms with E-state index in [1.54, 1.807) is 0 Å². The molecule has 0 atom stereocenters. The zero-order valence-electron chi connectivity index (χ0n) is 6.38. The number of para-hydroxylation sites is 1. The van der Waals surface area contributed by atoms with Crippen LogP contribution < -0.4 is 5.73 Å². The normalized spacial score (nSPS) is 9.27. The monoisotopic (exact) mass is 221 g/mol. The van der Waals surface area contributed by atoms with Crippen molar-refractivity contribution in [2.45, 2.75) is 12.8 Å². The Morgan fingerprint density at radius 3 is 2.73 bits per heavy atom. The Hall–Kier alpha value is -0.0961. The first-order chi connectivity index (χ1) is 5.34. The van der Waals surface area contributed by atoms with Crippen molar-refractivity contribution in [3.05, 3.63) is 29.8 Å². The van der Waals surface area contributed by atoms with Crippen molar-refractivity contribution in [2.24, 2.45) is 0 Å². The number of anilines is 1. The molecule has 1 rings (SSSR count). The molecule has 1 nitrogen and oxygen atoms in total. The van der Waals surface area contributed by atoms with E-state index in [1.807, 2.05) is 18.2 Å². The van der Waals surface area contributed by atoms with Gasteiger partial charge in [-0.1, -0.05) is 0 Å². The predicted octanol–water partition coefficient (Wildman–Crippen LogP) is 1.71. The number of hydrogen-bond donors (Lipinski definition) is 1. The molecule has 11 heavy (non-hydrogen) atoms. The van der Waals surface area contributed by atoms with Gasteiger partial charge in [0, 0.05) is 0 Å². The number of nitrogen functional groups attached to an aromatic ring is 1. The first-order valence-electron chi connectivity index (χ1n) is 3.61. The molecule has 0 aliphatic carbocycles. The summed E-state index contributed by atoms with van der Waals surface area (Å²) in [5.41, 5.74) is 7.89. The minimum atomic E-state index is 0.906. The van der Waals surface area contributed by atoms with Crippen LogP contribution >= 0.6 is 0 Å². The molecule has 2 N–H and O–H groups in total. The van der Waals surface area contributed by atoms with Crippen LogP contribution in [0.25, 0.3) is 0 Å². The fourth-order valence-electron chi connectivity index (χ4n) is 0.969. The van der Waals surface area contributed by atoms with E-state index in [9.17, 15) is 0 Å². The van der Waals surface area contributed by atoms with Crippen LogP contribution in [0.5, 0.6) is 0 Å². The van der Waals surface area contributed by atoms with Crippen LogP contribution in [-0.4, -0.2) is 0 Å². The topological polar surface area (TPSA) is 26.0 Å². The van der Waals surface area contributed by atoms with Gasteiger partial charge in [-0.15, -0.1) is 0 Å². The second kappa shape index (κ2) is 4.72. The van der Waals surface area contributed by atoms with Crippen molar-refractivity contribution in [2.75, 3.05) is 5.73 Å². The molecule has 0 saturated carbocycles. The molecule has 1 aromatic carbocycles. The van der Waals surface area contributed by atoms with E-state index >= 15 is 0 Å². The van der Waals surface area contributed by atoms with E-state index in [1.165, 1.54) is 5.56 Å². The third-order valence-corrected chi connectivity index (χ3v) is 2.30. The number of benzene rings is 1. The molecule has 0 radical (unpaired) electrons. The fraction of sp³-hybridized carbons (Fsp3) is 0.222. The van der Waals surface area contributed by atoms with Gasteiger partial charge in [-0.25, -0.2) is 0 Å². The Kier molecular flexibility index (Phi) is 3.86. The number of aryl methyl sites for hydroxylation is 1. The second-order valence-corrected chi connectivity index (χ2v) is 3.41. The molecule has 2 heteroatoms. The average Bonchev–Trinajstić information content (AvgIpc) is 2.03. The van der Waals surface area contributed by atoms with E-state index in [0.717, 1.165) is 48.8 Å². The van der Waals surface area contributed by atoms with Crippen molar-refractivity contribution >= 4 is 5.69 Å². The van der Waals surface area contributed by atoms with Crippen molar-refractivity contribution in [1.29, 1.82) is 0 Å². The molecule has 0 heterocycles. The SMILES string of the molecule is Nc1ccccc1CC[C]#[Y]. The third-order valence-electron chi connectivity index (χ3n) is 1.59. The van der Waals surface area contributed by atoms with Crippen LogP contribution in [-0.2, 0) is 36.7 Å². The molecule has 0 bridgehead atoms. The van der Waals surface area contributed by atoms with Crippen LogP contribution in [0.15, 0.2) is 24.3 Å². The fourth-order valence-corrected chi connectivity index (χ4v) is 1.32. The minimum absolute atomic E-state index is 0.906. The van der Waals surface area contributed by atoms with Gasteiger partial charge in [0.1, 0.15) is 0 Å². The van der Waals surface area contributed by atoms with E-state index < -0.39 is 0 Å². The van der Waals surface area contributed by atoms with Gasteiger partial charge in [0.25, 0.3) is 0 Å². The maximum atomic E-state index is 5.74. The van der Waals surface area contributed by atoms with E-state index in [2.05, 4.69) is 8.66 Å². The summed E-state index contributed by atoms with van der Waals surface area (Å²) in [7, 11) is 0. The number of rotatable bonds is 2. The molecular formula is C9H10NY. The Bertz CT molecular complexity index is 275. The molecule has 0 unspecified atom stereocenters. The molecule has 0 saturated heterocycles. The van der Waals surface area contributed by atoms with Crippen LogP contribution in [0.3, 0.4) is 0 Å². The summed E-state index contributed by atoms with van der Waals surface area (Å²) in [6.45, 7) is 0. The van der Waals surface area contributed by atoms with Crippen molar-refractivity contribution in [1.82, 2.24) is 0 Å². The Balaban J connectivity index is 2.71. The summed E-state index contributed by atoms with van der Waals surface area (Å²) in [6.07, 6.45) is 2.07. The molecule has 54 valence electrons. The van der Waals surface area contributed by atoms with Gasteiger partial charge in [-0.05, 0) is 0 Å². The zero-order valence-corrected chi connectivity index (χ0v) is 9.22. The summed E-state index contributed by atoms with van der Waals surface area (Å²) < 4.78 is 3.22. The van der Waals surface area contributed by atoms with Gasteiger partial charge in [0.05, 0.1) is 0 Å². The van der Waals surface area contributed by atoms with Crippen molar-refractivity contribution < 1.29 is 30.2 Å². The summed E-state index contributed by atoms with van der Waals surface area (Å²) in [5, 5.41) is 0. The van der Waals surface area contributed by atoms with E-state index in [-0.39, 0.29) is 0 Å². The van der Waals surface area contributed by atoms with Gasteiger partial charge in [-0.2, -0.15) is 0 Å². The van der Waals surface area contributed by atoms with Gasteiger partial charge >= 0.3 is 86.9 Å². The molecule has 0 spiro atoms. The summed E-state index contributed by atoms with van der Waals surface area (Å²) in [5.74, 6) is 0. The van der Waals surface area contributed by atoms with Gasteiger partial charge in [0.2, 0.25) is 0 Å². The summed E-state index contributed by atoms with van der Waals surface area (Å²) in [6, 6.07) is 8.01. The average molecular weight is 221 g/mol. The maximum absolute atomic E-state index is 5.74. The quantitative estimate of drug-likeness (QED) is 0.756. The first-order valence-corrected chi connectivity index (χ1v) is 5.03. The Morgan fingerprint density at radius 1 is 1.36 bits per heavy atom. The molecule has 0 aliphatic rings. The number of nitrogens with two attached hydrogens (primary N) is 1. The molecular weight excluding hydrogens is 211 g/mol. The third kappa shape index (κ3) is 2.79. The predicted molar refractivity (Wildman–Crippen MR) is 43.1 cm³/mol. The van der Waals surface area contributed by atoms with Crippen LogP contribution in [0.4, 0.5) is 5.69 Å². The zero-order chi connectivity index (χ0) is 8.10. The van der Waals surface area contributed by atoms with Crippen molar-refractivity contribution in [3.8, 4) is 2.59 Å².